The number of carbonyl (C=O) groups excluding carboxylic acids is 1. The van der Waals surface area contributed by atoms with Crippen LogP contribution in [-0.4, -0.2) is 76.1 Å². The van der Waals surface area contributed by atoms with E-state index in [1.54, 1.807) is 0 Å². The summed E-state index contributed by atoms with van der Waals surface area (Å²) in [5.41, 5.74) is 2.37. The Morgan fingerprint density at radius 2 is 2.00 bits per heavy atom. The fourth-order valence-corrected chi connectivity index (χ4v) is 9.31. The zero-order chi connectivity index (χ0) is 30.4. The highest BCUT2D eigenvalue weighted by Crippen LogP contribution is 2.59. The van der Waals surface area contributed by atoms with Gasteiger partial charge in [0.05, 0.1) is 29.8 Å². The zero-order valence-corrected chi connectivity index (χ0v) is 25.3. The number of piperazine rings is 1. The molecular weight excluding hydrogens is 586 g/mol. The Morgan fingerprint density at radius 3 is 2.73 bits per heavy atom. The Morgan fingerprint density at radius 1 is 1.18 bits per heavy atom. The highest BCUT2D eigenvalue weighted by Gasteiger charge is 2.64. The minimum absolute atomic E-state index is 0.0170. The molecular formula is C33H35ClF2N6O2. The topological polar surface area (TPSA) is 85.6 Å². The maximum absolute atomic E-state index is 17.1. The summed E-state index contributed by atoms with van der Waals surface area (Å²) < 4.78 is 37.3. The molecule has 230 valence electrons. The SMILES string of the molecule is C=C(F)C(=O)N1CCN(c2nc(OC[C@@]34CCN3[C@H]3C[C@H]3C4)nc3c2CC[C@@]2(CCc4c(Cl)cccc42)C3F)C[C@@H]1CC#N. The second kappa shape index (κ2) is 10.1. The van der Waals surface area contributed by atoms with Crippen molar-refractivity contribution < 1.29 is 18.3 Å². The molecule has 11 heteroatoms. The lowest BCUT2D eigenvalue weighted by Crippen LogP contribution is -2.61. The molecule has 8 nitrogen and oxygen atoms in total. The van der Waals surface area contributed by atoms with Gasteiger partial charge in [0.15, 0.2) is 12.0 Å². The largest absolute Gasteiger partial charge is 0.461 e. The Labute approximate surface area is 260 Å². The Hall–Kier alpha value is -3.29. The molecule has 1 spiro atoms. The van der Waals surface area contributed by atoms with Gasteiger partial charge in [0.2, 0.25) is 0 Å². The minimum atomic E-state index is -1.37. The van der Waals surface area contributed by atoms with E-state index in [4.69, 9.17) is 26.3 Å². The van der Waals surface area contributed by atoms with E-state index in [0.717, 1.165) is 48.4 Å². The van der Waals surface area contributed by atoms with Crippen molar-refractivity contribution in [2.24, 2.45) is 5.92 Å². The number of amides is 1. The van der Waals surface area contributed by atoms with Crippen LogP contribution in [0, 0.1) is 17.2 Å². The van der Waals surface area contributed by atoms with Crippen LogP contribution in [0.25, 0.3) is 0 Å². The summed E-state index contributed by atoms with van der Waals surface area (Å²) >= 11 is 6.55. The first kappa shape index (κ1) is 28.2. The van der Waals surface area contributed by atoms with Crippen molar-refractivity contribution >= 4 is 23.3 Å². The number of carbonyl (C=O) groups is 1. The number of hydrogen-bond donors (Lipinski definition) is 0. The van der Waals surface area contributed by atoms with Crippen molar-refractivity contribution in [2.75, 3.05) is 37.7 Å². The predicted molar refractivity (Wildman–Crippen MR) is 160 cm³/mol. The summed E-state index contributed by atoms with van der Waals surface area (Å²) in [5, 5.41) is 10.2. The molecule has 1 aromatic carbocycles. The van der Waals surface area contributed by atoms with E-state index in [-0.39, 0.29) is 31.1 Å². The summed E-state index contributed by atoms with van der Waals surface area (Å²) in [5.74, 6) is -0.519. The first-order valence-electron chi connectivity index (χ1n) is 15.7. The molecule has 1 unspecified atom stereocenters. The predicted octanol–water partition coefficient (Wildman–Crippen LogP) is 5.00. The van der Waals surface area contributed by atoms with E-state index in [2.05, 4.69) is 17.5 Å². The van der Waals surface area contributed by atoms with Gasteiger partial charge in [-0.25, -0.2) is 8.78 Å². The average Bonchev–Trinajstić information content (AvgIpc) is 3.57. The van der Waals surface area contributed by atoms with Crippen LogP contribution < -0.4 is 9.64 Å². The number of nitriles is 1. The molecule has 3 aliphatic carbocycles. The van der Waals surface area contributed by atoms with Crippen LogP contribution in [0.5, 0.6) is 6.01 Å². The van der Waals surface area contributed by atoms with Crippen LogP contribution in [0.15, 0.2) is 30.6 Å². The van der Waals surface area contributed by atoms with Crippen molar-refractivity contribution in [3.8, 4) is 12.1 Å². The number of piperidine rings is 1. The average molecular weight is 621 g/mol. The van der Waals surface area contributed by atoms with E-state index in [1.165, 1.54) is 11.3 Å². The smallest absolute Gasteiger partial charge is 0.318 e. The van der Waals surface area contributed by atoms with Gasteiger partial charge < -0.3 is 14.5 Å². The lowest BCUT2D eigenvalue weighted by molar-refractivity contribution is -0.131. The maximum atomic E-state index is 17.1. The highest BCUT2D eigenvalue weighted by atomic mass is 35.5. The number of hydrogen-bond acceptors (Lipinski definition) is 7. The molecule has 0 N–H and O–H groups in total. The van der Waals surface area contributed by atoms with Gasteiger partial charge >= 0.3 is 6.01 Å². The van der Waals surface area contributed by atoms with Gasteiger partial charge in [-0.05, 0) is 68.1 Å². The quantitative estimate of drug-likeness (QED) is 0.420. The van der Waals surface area contributed by atoms with Gasteiger partial charge in [0.1, 0.15) is 12.4 Å². The number of benzene rings is 1. The highest BCUT2D eigenvalue weighted by molar-refractivity contribution is 6.31. The number of fused-ring (bicyclic) bond motifs is 6. The van der Waals surface area contributed by atoms with E-state index in [9.17, 15) is 14.4 Å². The molecule has 1 aromatic heterocycles. The molecule has 6 atom stereocenters. The molecule has 44 heavy (non-hydrogen) atoms. The van der Waals surface area contributed by atoms with Crippen molar-refractivity contribution in [1.82, 2.24) is 19.8 Å². The van der Waals surface area contributed by atoms with Crippen molar-refractivity contribution in [1.29, 1.82) is 5.26 Å². The summed E-state index contributed by atoms with van der Waals surface area (Å²) in [6, 6.07) is 8.17. The molecule has 3 aliphatic heterocycles. The fraction of sp³-hybridized carbons (Fsp3) is 0.576. The fourth-order valence-electron chi connectivity index (χ4n) is 9.04. The molecule has 2 aromatic rings. The van der Waals surface area contributed by atoms with Crippen molar-refractivity contribution in [3.05, 3.63) is 58.0 Å². The third kappa shape index (κ3) is 4.11. The van der Waals surface area contributed by atoms with E-state index in [1.807, 2.05) is 23.1 Å². The first-order valence-corrected chi connectivity index (χ1v) is 16.1. The lowest BCUT2D eigenvalue weighted by atomic mass is 9.68. The van der Waals surface area contributed by atoms with Crippen LogP contribution in [-0.2, 0) is 23.1 Å². The van der Waals surface area contributed by atoms with Gasteiger partial charge in [-0.3, -0.25) is 9.69 Å². The van der Waals surface area contributed by atoms with Crippen LogP contribution in [0.4, 0.5) is 14.6 Å². The van der Waals surface area contributed by atoms with Crippen LogP contribution in [0.1, 0.15) is 67.1 Å². The monoisotopic (exact) mass is 620 g/mol. The van der Waals surface area contributed by atoms with Crippen molar-refractivity contribution in [2.45, 2.75) is 80.6 Å². The van der Waals surface area contributed by atoms with E-state index < -0.39 is 29.4 Å². The number of anilines is 1. The number of rotatable bonds is 6. The van der Waals surface area contributed by atoms with Gasteiger partial charge in [0.25, 0.3) is 5.91 Å². The summed E-state index contributed by atoms with van der Waals surface area (Å²) in [7, 11) is 0. The lowest BCUT2D eigenvalue weighted by Gasteiger charge is -2.49. The summed E-state index contributed by atoms with van der Waals surface area (Å²) in [4.78, 5) is 28.1. The second-order valence-electron chi connectivity index (χ2n) is 13.6. The van der Waals surface area contributed by atoms with Gasteiger partial charge in [-0.15, -0.1) is 0 Å². The third-order valence-corrected chi connectivity index (χ3v) is 11.8. The second-order valence-corrected chi connectivity index (χ2v) is 14.0. The Kier molecular flexibility index (Phi) is 6.48. The third-order valence-electron chi connectivity index (χ3n) is 11.4. The van der Waals surface area contributed by atoms with E-state index >= 15 is 4.39 Å². The van der Waals surface area contributed by atoms with E-state index in [0.29, 0.717) is 55.0 Å². The molecule has 0 radical (unpaired) electrons. The molecule has 1 saturated carbocycles. The normalized spacial score (nSPS) is 33.1. The molecule has 4 heterocycles. The number of nitrogens with zero attached hydrogens (tertiary/aromatic N) is 6. The van der Waals surface area contributed by atoms with Crippen LogP contribution in [0.3, 0.4) is 0 Å². The molecule has 0 bridgehead atoms. The van der Waals surface area contributed by atoms with Crippen LogP contribution in [0.2, 0.25) is 5.02 Å². The number of halogens is 3. The molecule has 6 aliphatic rings. The Bertz CT molecular complexity index is 1620. The molecule has 1 amide bonds. The van der Waals surface area contributed by atoms with Gasteiger partial charge in [0, 0.05) is 48.2 Å². The van der Waals surface area contributed by atoms with Crippen molar-refractivity contribution in [3.63, 3.8) is 0 Å². The minimum Gasteiger partial charge on any atom is -0.461 e. The number of aromatic nitrogens is 2. The number of ether oxygens (including phenoxy) is 1. The molecule has 3 saturated heterocycles. The summed E-state index contributed by atoms with van der Waals surface area (Å²) in [6.07, 6.45) is 4.66. The van der Waals surface area contributed by atoms with Gasteiger partial charge in [-0.1, -0.05) is 30.3 Å². The summed E-state index contributed by atoms with van der Waals surface area (Å²) in [6.45, 7) is 5.53. The number of alkyl halides is 1. The zero-order valence-electron chi connectivity index (χ0n) is 24.6. The Balaban J connectivity index is 1.15. The van der Waals surface area contributed by atoms with Gasteiger partial charge in [-0.2, -0.15) is 15.2 Å². The maximum Gasteiger partial charge on any atom is 0.318 e. The molecule has 8 rings (SSSR count). The standard InChI is InChI=1S/C33H35ClF2N6O2/c1-19(35)30(43)41-14-13-40(17-21(41)7-11-37)29-23-6-9-33(8-5-22-24(33)3-2-4-25(22)34)28(36)27(23)38-31(39-29)44-18-32-10-12-42(32)26-15-20(26)16-32/h2-4,20-21,26,28H,1,5-10,12-18H2/t20-,21-,26-,28?,32-,33+/m0/s1. The molecule has 4 fully saturated rings. The first-order chi connectivity index (χ1) is 21.2. The van der Waals surface area contributed by atoms with Crippen LogP contribution >= 0.6 is 11.6 Å².